The maximum absolute atomic E-state index is 15.9. The average Bonchev–Trinajstić information content (AvgIpc) is 2.96. The summed E-state index contributed by atoms with van der Waals surface area (Å²) in [4.78, 5) is 0. The Morgan fingerprint density at radius 1 is 1.10 bits per heavy atom. The van der Waals surface area contributed by atoms with Crippen LogP contribution in [0, 0.1) is 23.2 Å². The van der Waals surface area contributed by atoms with Gasteiger partial charge < -0.3 is 10.2 Å². The van der Waals surface area contributed by atoms with Crippen molar-refractivity contribution in [3.05, 3.63) is 65.2 Å². The number of aromatic hydroxyl groups is 1. The number of aliphatic hydroxyl groups is 1. The maximum atomic E-state index is 15.9. The number of benzene rings is 2. The molecule has 0 heterocycles. The molecule has 0 bridgehead atoms. The van der Waals surface area contributed by atoms with Gasteiger partial charge >= 0.3 is 0 Å². The van der Waals surface area contributed by atoms with Crippen LogP contribution in [0.3, 0.4) is 0 Å². The summed E-state index contributed by atoms with van der Waals surface area (Å²) in [6, 6.07) is 16.0. The van der Waals surface area contributed by atoms with Crippen LogP contribution in [-0.4, -0.2) is 22.5 Å². The number of phenolic OH excluding ortho intramolecular Hbond substituents is 1. The van der Waals surface area contributed by atoms with Gasteiger partial charge in [0.25, 0.3) is 0 Å². The number of hydrogen-bond donors (Lipinski definition) is 2. The summed E-state index contributed by atoms with van der Waals surface area (Å²) >= 11 is 0. The Bertz CT molecular complexity index is 897. The number of hydrogen-bond acceptors (Lipinski definition) is 2. The predicted octanol–water partition coefficient (Wildman–Crippen LogP) is 5.59. The molecule has 0 radical (unpaired) electrons. The molecular formula is C26H31FO2. The van der Waals surface area contributed by atoms with Crippen molar-refractivity contribution in [3.8, 4) is 5.75 Å². The van der Waals surface area contributed by atoms with Gasteiger partial charge in [-0.1, -0.05) is 56.7 Å². The summed E-state index contributed by atoms with van der Waals surface area (Å²) in [6.45, 7) is 4.39. The molecule has 0 aromatic heterocycles. The first-order chi connectivity index (χ1) is 13.9. The van der Waals surface area contributed by atoms with Gasteiger partial charge in [-0.25, -0.2) is 4.39 Å². The zero-order chi connectivity index (χ0) is 20.3. The molecule has 2 aromatic rings. The maximum Gasteiger partial charge on any atom is 0.115 e. The van der Waals surface area contributed by atoms with E-state index in [4.69, 9.17) is 0 Å². The van der Waals surface area contributed by atoms with E-state index in [1.165, 1.54) is 5.56 Å². The van der Waals surface area contributed by atoms with Crippen LogP contribution < -0.4 is 0 Å². The average molecular weight is 395 g/mol. The fraction of sp³-hybridized carbons (Fsp3) is 0.538. The van der Waals surface area contributed by atoms with E-state index in [-0.39, 0.29) is 40.9 Å². The van der Waals surface area contributed by atoms with Crippen molar-refractivity contribution < 1.29 is 14.6 Å². The molecule has 154 valence electrons. The number of phenols is 1. The van der Waals surface area contributed by atoms with E-state index >= 15 is 4.39 Å². The summed E-state index contributed by atoms with van der Waals surface area (Å²) < 4.78 is 15.9. The van der Waals surface area contributed by atoms with Gasteiger partial charge in [0.2, 0.25) is 0 Å². The molecule has 8 atom stereocenters. The van der Waals surface area contributed by atoms with Crippen LogP contribution in [0.25, 0.3) is 0 Å². The second-order valence-electron chi connectivity index (χ2n) is 9.95. The Kier molecular flexibility index (Phi) is 4.51. The van der Waals surface area contributed by atoms with Crippen molar-refractivity contribution in [3.63, 3.8) is 0 Å². The molecule has 2 aromatic carbocycles. The highest BCUT2D eigenvalue weighted by Crippen LogP contribution is 2.66. The third-order valence-electron chi connectivity index (χ3n) is 8.41. The summed E-state index contributed by atoms with van der Waals surface area (Å²) in [5.41, 5.74) is 3.26. The smallest absolute Gasteiger partial charge is 0.115 e. The van der Waals surface area contributed by atoms with Gasteiger partial charge in [0.15, 0.2) is 0 Å². The third kappa shape index (κ3) is 2.84. The van der Waals surface area contributed by atoms with Crippen molar-refractivity contribution in [1.29, 1.82) is 0 Å². The van der Waals surface area contributed by atoms with Crippen LogP contribution >= 0.6 is 0 Å². The van der Waals surface area contributed by atoms with Crippen molar-refractivity contribution in [1.82, 2.24) is 0 Å². The monoisotopic (exact) mass is 394 g/mol. The molecule has 2 fully saturated rings. The summed E-state index contributed by atoms with van der Waals surface area (Å²) in [5.74, 6) is 1.01. The van der Waals surface area contributed by atoms with Gasteiger partial charge in [0, 0.05) is 5.92 Å². The Morgan fingerprint density at radius 3 is 2.59 bits per heavy atom. The van der Waals surface area contributed by atoms with E-state index in [0.29, 0.717) is 18.8 Å². The zero-order valence-electron chi connectivity index (χ0n) is 17.3. The normalized spacial score (nSPS) is 40.8. The van der Waals surface area contributed by atoms with Gasteiger partial charge in [-0.05, 0) is 77.2 Å². The van der Waals surface area contributed by atoms with E-state index in [9.17, 15) is 10.2 Å². The molecule has 2 saturated carbocycles. The topological polar surface area (TPSA) is 40.5 Å². The summed E-state index contributed by atoms with van der Waals surface area (Å²) in [6.07, 6.45) is 1.74. The van der Waals surface area contributed by atoms with Crippen molar-refractivity contribution in [2.75, 3.05) is 0 Å². The van der Waals surface area contributed by atoms with Crippen LogP contribution in [-0.2, 0) is 6.42 Å². The molecule has 0 aliphatic heterocycles. The quantitative estimate of drug-likeness (QED) is 0.697. The minimum atomic E-state index is -0.918. The first-order valence-electron chi connectivity index (χ1n) is 11.1. The first kappa shape index (κ1) is 19.1. The van der Waals surface area contributed by atoms with Crippen LogP contribution in [0.5, 0.6) is 5.75 Å². The lowest BCUT2D eigenvalue weighted by Crippen LogP contribution is -2.50. The van der Waals surface area contributed by atoms with Gasteiger partial charge in [0.05, 0.1) is 6.10 Å². The minimum absolute atomic E-state index is 0.151. The third-order valence-corrected chi connectivity index (χ3v) is 8.41. The predicted molar refractivity (Wildman–Crippen MR) is 113 cm³/mol. The SMILES string of the molecule is CC[C@@H]1[C@H]2[C@H]3[C@@H](c4ccc(O)cc4C[C@H]3c3ccccc3)[C@@H](F)C[C@]2(C)C[C@@H]1O. The molecule has 0 amide bonds. The highest BCUT2D eigenvalue weighted by atomic mass is 19.1. The fourth-order valence-corrected chi connectivity index (χ4v) is 7.46. The second kappa shape index (κ2) is 6.84. The molecule has 2 nitrogen and oxygen atoms in total. The standard InChI is InChI=1S/C26H31FO2/c1-3-18-22(29)14-26(2)13-21(27)23-19-10-9-17(28)11-16(19)12-20(24(23)25(18)26)15-7-5-4-6-8-15/h4-11,18,20-25,28-29H,3,12-14H2,1-2H3/t18-,20-,21-,22-,23-,24+,25-,26+/m0/s1. The zero-order valence-corrected chi connectivity index (χ0v) is 17.3. The van der Waals surface area contributed by atoms with Gasteiger partial charge in [0.1, 0.15) is 11.9 Å². The lowest BCUT2D eigenvalue weighted by atomic mass is 9.50. The Morgan fingerprint density at radius 2 is 1.86 bits per heavy atom. The van der Waals surface area contributed by atoms with Gasteiger partial charge in [-0.15, -0.1) is 0 Å². The molecule has 0 saturated heterocycles. The molecule has 5 rings (SSSR count). The van der Waals surface area contributed by atoms with Crippen LogP contribution in [0.1, 0.15) is 61.6 Å². The van der Waals surface area contributed by atoms with Gasteiger partial charge in [-0.2, -0.15) is 0 Å². The Labute approximate surface area is 172 Å². The number of alkyl halides is 1. The molecular weight excluding hydrogens is 363 g/mol. The minimum Gasteiger partial charge on any atom is -0.508 e. The lowest BCUT2D eigenvalue weighted by molar-refractivity contribution is -0.0276. The molecule has 3 aliphatic carbocycles. The highest BCUT2D eigenvalue weighted by molar-refractivity contribution is 5.44. The van der Waals surface area contributed by atoms with E-state index in [2.05, 4.69) is 38.1 Å². The molecule has 3 heteroatoms. The first-order valence-corrected chi connectivity index (χ1v) is 11.1. The summed E-state index contributed by atoms with van der Waals surface area (Å²) in [5, 5.41) is 21.0. The van der Waals surface area contributed by atoms with Gasteiger partial charge in [-0.3, -0.25) is 0 Å². The van der Waals surface area contributed by atoms with Crippen molar-refractivity contribution in [2.24, 2.45) is 23.2 Å². The number of halogens is 1. The Hall–Kier alpha value is -1.87. The molecule has 3 aliphatic rings. The molecule has 0 spiro atoms. The van der Waals surface area contributed by atoms with E-state index in [1.54, 1.807) is 6.07 Å². The van der Waals surface area contributed by atoms with Crippen LogP contribution in [0.4, 0.5) is 4.39 Å². The van der Waals surface area contributed by atoms with Crippen LogP contribution in [0.2, 0.25) is 0 Å². The van der Waals surface area contributed by atoms with Crippen molar-refractivity contribution in [2.45, 2.75) is 63.6 Å². The Balaban J connectivity index is 1.70. The molecule has 0 unspecified atom stereocenters. The number of fused-ring (bicyclic) bond motifs is 5. The van der Waals surface area contributed by atoms with Crippen molar-refractivity contribution >= 4 is 0 Å². The second-order valence-corrected chi connectivity index (χ2v) is 9.95. The highest BCUT2D eigenvalue weighted by Gasteiger charge is 2.62. The summed E-state index contributed by atoms with van der Waals surface area (Å²) in [7, 11) is 0. The largest absolute Gasteiger partial charge is 0.508 e. The molecule has 29 heavy (non-hydrogen) atoms. The van der Waals surface area contributed by atoms with Crippen LogP contribution in [0.15, 0.2) is 48.5 Å². The number of rotatable bonds is 2. The van der Waals surface area contributed by atoms with E-state index in [0.717, 1.165) is 24.0 Å². The lowest BCUT2D eigenvalue weighted by Gasteiger charge is -2.55. The number of aliphatic hydroxyl groups excluding tert-OH is 1. The fourth-order valence-electron chi connectivity index (χ4n) is 7.46. The van der Waals surface area contributed by atoms with E-state index in [1.807, 2.05) is 18.2 Å². The van der Waals surface area contributed by atoms with E-state index < -0.39 is 6.17 Å². The molecule has 2 N–H and O–H groups in total.